The van der Waals surface area contributed by atoms with Crippen LogP contribution in [0.3, 0.4) is 0 Å². The van der Waals surface area contributed by atoms with Gasteiger partial charge in [0.05, 0.1) is 12.7 Å². The number of rotatable bonds is 9. The highest BCUT2D eigenvalue weighted by molar-refractivity contribution is 7.98. The van der Waals surface area contributed by atoms with E-state index in [4.69, 9.17) is 9.47 Å². The first-order chi connectivity index (χ1) is 13.3. The maximum Gasteiger partial charge on any atom is 0.329 e. The quantitative estimate of drug-likeness (QED) is 0.517. The Morgan fingerprint density at radius 1 is 1.18 bits per heavy atom. The highest BCUT2D eigenvalue weighted by atomic mass is 32.2. The SMILES string of the molecule is CNC(=O)NC(=O)[C@H](C)OC(=O)[C@@H](CCSC)NC(=O)c1ccccc1OC. The van der Waals surface area contributed by atoms with Gasteiger partial charge in [-0.1, -0.05) is 12.1 Å². The molecule has 3 N–H and O–H groups in total. The summed E-state index contributed by atoms with van der Waals surface area (Å²) < 4.78 is 10.3. The monoisotopic (exact) mass is 411 g/mol. The topological polar surface area (TPSA) is 123 Å². The molecular formula is C18H25N3O6S. The molecule has 0 aliphatic carbocycles. The minimum atomic E-state index is -1.20. The molecule has 0 saturated heterocycles. The lowest BCUT2D eigenvalue weighted by molar-refractivity contribution is -0.156. The van der Waals surface area contributed by atoms with Gasteiger partial charge in [0.2, 0.25) is 0 Å². The average molecular weight is 411 g/mol. The normalized spacial score (nSPS) is 12.3. The van der Waals surface area contributed by atoms with Crippen molar-refractivity contribution in [3.8, 4) is 5.75 Å². The Morgan fingerprint density at radius 3 is 2.46 bits per heavy atom. The molecule has 0 aliphatic heterocycles. The van der Waals surface area contributed by atoms with Crippen molar-refractivity contribution in [1.82, 2.24) is 16.0 Å². The third-order valence-electron chi connectivity index (χ3n) is 3.68. The maximum atomic E-state index is 12.6. The van der Waals surface area contributed by atoms with Crippen LogP contribution >= 0.6 is 11.8 Å². The van der Waals surface area contributed by atoms with Gasteiger partial charge >= 0.3 is 12.0 Å². The van der Waals surface area contributed by atoms with E-state index in [1.807, 2.05) is 11.6 Å². The van der Waals surface area contributed by atoms with Gasteiger partial charge in [-0.25, -0.2) is 9.59 Å². The second-order valence-corrected chi connectivity index (χ2v) is 6.64. The van der Waals surface area contributed by atoms with Crippen molar-refractivity contribution in [2.24, 2.45) is 0 Å². The van der Waals surface area contributed by atoms with E-state index in [9.17, 15) is 19.2 Å². The molecule has 0 aromatic heterocycles. The predicted octanol–water partition coefficient (Wildman–Crippen LogP) is 0.934. The lowest BCUT2D eigenvalue weighted by atomic mass is 10.1. The summed E-state index contributed by atoms with van der Waals surface area (Å²) in [5.74, 6) is -1.08. The summed E-state index contributed by atoms with van der Waals surface area (Å²) in [6.45, 7) is 1.34. The number of nitrogens with one attached hydrogen (secondary N) is 3. The van der Waals surface area contributed by atoms with Gasteiger partial charge < -0.3 is 20.1 Å². The van der Waals surface area contributed by atoms with Crippen molar-refractivity contribution in [1.29, 1.82) is 0 Å². The van der Waals surface area contributed by atoms with Gasteiger partial charge in [-0.15, -0.1) is 0 Å². The molecule has 0 aliphatic rings. The Hall–Kier alpha value is -2.75. The number of para-hydroxylation sites is 1. The summed E-state index contributed by atoms with van der Waals surface area (Å²) in [6.07, 6.45) is 0.971. The molecule has 1 aromatic rings. The Balaban J connectivity index is 2.83. The Kier molecular flexibility index (Phi) is 9.86. The molecule has 0 saturated carbocycles. The van der Waals surface area contributed by atoms with Crippen LogP contribution in [0.1, 0.15) is 23.7 Å². The lowest BCUT2D eigenvalue weighted by Crippen LogP contribution is -2.47. The molecule has 0 radical (unpaired) electrons. The van der Waals surface area contributed by atoms with E-state index < -0.39 is 36.0 Å². The average Bonchev–Trinajstić information content (AvgIpc) is 2.70. The Morgan fingerprint density at radius 2 is 1.86 bits per heavy atom. The van der Waals surface area contributed by atoms with Crippen molar-refractivity contribution in [3.05, 3.63) is 29.8 Å². The summed E-state index contributed by atoms with van der Waals surface area (Å²) in [7, 11) is 2.80. The number of carbonyl (C=O) groups excluding carboxylic acids is 4. The van der Waals surface area contributed by atoms with Crippen molar-refractivity contribution in [2.75, 3.05) is 26.2 Å². The fraction of sp³-hybridized carbons (Fsp3) is 0.444. The van der Waals surface area contributed by atoms with E-state index in [0.29, 0.717) is 17.9 Å². The number of benzene rings is 1. The lowest BCUT2D eigenvalue weighted by Gasteiger charge is -2.20. The Bertz CT molecular complexity index is 712. The highest BCUT2D eigenvalue weighted by Crippen LogP contribution is 2.17. The van der Waals surface area contributed by atoms with E-state index >= 15 is 0 Å². The molecule has 28 heavy (non-hydrogen) atoms. The number of urea groups is 1. The number of hydrogen-bond donors (Lipinski definition) is 3. The molecule has 1 rings (SSSR count). The van der Waals surface area contributed by atoms with Crippen LogP contribution in [-0.2, 0) is 14.3 Å². The van der Waals surface area contributed by atoms with Gasteiger partial charge in [0.1, 0.15) is 11.8 Å². The van der Waals surface area contributed by atoms with Crippen LogP contribution < -0.4 is 20.7 Å². The summed E-state index contributed by atoms with van der Waals surface area (Å²) in [4.78, 5) is 48.1. The first-order valence-corrected chi connectivity index (χ1v) is 9.89. The third-order valence-corrected chi connectivity index (χ3v) is 4.32. The number of imide groups is 1. The fourth-order valence-electron chi connectivity index (χ4n) is 2.14. The molecule has 2 atom stereocenters. The van der Waals surface area contributed by atoms with Gasteiger partial charge in [-0.05, 0) is 37.5 Å². The van der Waals surface area contributed by atoms with Gasteiger partial charge in [0.15, 0.2) is 6.10 Å². The second-order valence-electron chi connectivity index (χ2n) is 5.66. The maximum absolute atomic E-state index is 12.6. The van der Waals surface area contributed by atoms with E-state index in [1.165, 1.54) is 32.8 Å². The second kappa shape index (κ2) is 11.9. The van der Waals surface area contributed by atoms with Crippen molar-refractivity contribution < 1.29 is 28.7 Å². The largest absolute Gasteiger partial charge is 0.496 e. The molecule has 154 valence electrons. The zero-order valence-corrected chi connectivity index (χ0v) is 17.1. The zero-order valence-electron chi connectivity index (χ0n) is 16.2. The van der Waals surface area contributed by atoms with Crippen molar-refractivity contribution in [2.45, 2.75) is 25.5 Å². The molecule has 9 nitrogen and oxygen atoms in total. The zero-order chi connectivity index (χ0) is 21.1. The first-order valence-electron chi connectivity index (χ1n) is 8.49. The molecule has 0 spiro atoms. The first kappa shape index (κ1) is 23.3. The number of carbonyl (C=O) groups is 4. The smallest absolute Gasteiger partial charge is 0.329 e. The number of ether oxygens (including phenoxy) is 2. The fourth-order valence-corrected chi connectivity index (χ4v) is 2.61. The molecule has 0 bridgehead atoms. The van der Waals surface area contributed by atoms with Gasteiger partial charge in [-0.2, -0.15) is 11.8 Å². The minimum absolute atomic E-state index is 0.275. The van der Waals surface area contributed by atoms with Gasteiger partial charge in [0, 0.05) is 7.05 Å². The minimum Gasteiger partial charge on any atom is -0.496 e. The molecule has 4 amide bonds. The van der Waals surface area contributed by atoms with Crippen LogP contribution in [0.2, 0.25) is 0 Å². The molecule has 10 heteroatoms. The van der Waals surface area contributed by atoms with Crippen LogP contribution in [0.5, 0.6) is 5.75 Å². The molecular weight excluding hydrogens is 386 g/mol. The van der Waals surface area contributed by atoms with E-state index in [2.05, 4.69) is 10.6 Å². The van der Waals surface area contributed by atoms with Crippen LogP contribution in [-0.4, -0.2) is 62.1 Å². The van der Waals surface area contributed by atoms with E-state index in [-0.39, 0.29) is 5.56 Å². The summed E-state index contributed by atoms with van der Waals surface area (Å²) in [5.41, 5.74) is 0.275. The number of thioether (sulfide) groups is 1. The van der Waals surface area contributed by atoms with Crippen LogP contribution in [0.15, 0.2) is 24.3 Å². The van der Waals surface area contributed by atoms with Crippen LogP contribution in [0.25, 0.3) is 0 Å². The molecule has 0 unspecified atom stereocenters. The van der Waals surface area contributed by atoms with E-state index in [1.54, 1.807) is 24.3 Å². The molecule has 0 heterocycles. The molecule has 0 fully saturated rings. The van der Waals surface area contributed by atoms with Crippen molar-refractivity contribution in [3.63, 3.8) is 0 Å². The Labute approximate surface area is 167 Å². The standard InChI is InChI=1S/C18H25N3O6S/c1-11(15(22)21-18(25)19-2)27-17(24)13(9-10-28-4)20-16(23)12-7-5-6-8-14(12)26-3/h5-8,11,13H,9-10H2,1-4H3,(H,20,23)(H2,19,21,22,25)/t11-,13+/m0/s1. The van der Waals surface area contributed by atoms with Crippen LogP contribution in [0.4, 0.5) is 4.79 Å². The summed E-state index contributed by atoms with van der Waals surface area (Å²) in [5, 5.41) is 6.87. The third kappa shape index (κ3) is 7.10. The van der Waals surface area contributed by atoms with Crippen molar-refractivity contribution >= 4 is 35.6 Å². The number of methoxy groups -OCH3 is 1. The number of esters is 1. The number of hydrogen-bond acceptors (Lipinski definition) is 7. The number of amides is 4. The summed E-state index contributed by atoms with van der Waals surface area (Å²) in [6, 6.07) is 4.94. The van der Waals surface area contributed by atoms with Crippen LogP contribution in [0, 0.1) is 0 Å². The van der Waals surface area contributed by atoms with Gasteiger partial charge in [-0.3, -0.25) is 14.9 Å². The molecule has 1 aromatic carbocycles. The van der Waals surface area contributed by atoms with E-state index in [0.717, 1.165) is 0 Å². The summed E-state index contributed by atoms with van der Waals surface area (Å²) >= 11 is 1.50. The predicted molar refractivity (Wildman–Crippen MR) is 105 cm³/mol. The van der Waals surface area contributed by atoms with Gasteiger partial charge in [0.25, 0.3) is 11.8 Å². The highest BCUT2D eigenvalue weighted by Gasteiger charge is 2.27.